The molecule has 0 atom stereocenters. The predicted molar refractivity (Wildman–Crippen MR) is 113 cm³/mol. The van der Waals surface area contributed by atoms with Crippen molar-refractivity contribution in [3.63, 3.8) is 0 Å². The highest BCUT2D eigenvalue weighted by molar-refractivity contribution is 7.99. The molecule has 29 heavy (non-hydrogen) atoms. The van der Waals surface area contributed by atoms with Gasteiger partial charge in [-0.3, -0.25) is 14.4 Å². The van der Waals surface area contributed by atoms with Gasteiger partial charge in [0.15, 0.2) is 0 Å². The van der Waals surface area contributed by atoms with Crippen molar-refractivity contribution in [2.24, 2.45) is 7.05 Å². The number of nitrogens with zero attached hydrogens (tertiary/aromatic N) is 3. The summed E-state index contributed by atoms with van der Waals surface area (Å²) in [6.07, 6.45) is 1.87. The van der Waals surface area contributed by atoms with E-state index in [-0.39, 0.29) is 17.3 Å². The summed E-state index contributed by atoms with van der Waals surface area (Å²) in [7, 11) is 1.76. The van der Waals surface area contributed by atoms with Crippen LogP contribution < -0.4 is 5.32 Å². The highest BCUT2D eigenvalue weighted by Gasteiger charge is 2.39. The van der Waals surface area contributed by atoms with Gasteiger partial charge in [-0.15, -0.1) is 0 Å². The van der Waals surface area contributed by atoms with E-state index in [4.69, 9.17) is 4.74 Å². The second kappa shape index (κ2) is 8.85. The fraction of sp³-hybridized carbons (Fsp3) is 0.524. The van der Waals surface area contributed by atoms with Crippen LogP contribution in [0.1, 0.15) is 23.3 Å². The topological polar surface area (TPSA) is 59.4 Å². The molecule has 8 heteroatoms. The van der Waals surface area contributed by atoms with Crippen molar-refractivity contribution in [1.82, 2.24) is 20.0 Å². The number of carbonyl (C=O) groups excluding carboxylic acids is 1. The first-order valence-electron chi connectivity index (χ1n) is 10.1. The molecule has 1 aromatic carbocycles. The number of benzene rings is 1. The van der Waals surface area contributed by atoms with Crippen molar-refractivity contribution in [3.8, 4) is 11.3 Å². The van der Waals surface area contributed by atoms with Crippen LogP contribution in [0.25, 0.3) is 11.3 Å². The van der Waals surface area contributed by atoms with Crippen LogP contribution in [0.15, 0.2) is 30.3 Å². The molecule has 4 rings (SSSR count). The van der Waals surface area contributed by atoms with Crippen LogP contribution in [0.3, 0.4) is 0 Å². The van der Waals surface area contributed by atoms with Gasteiger partial charge in [0.25, 0.3) is 5.91 Å². The largest absolute Gasteiger partial charge is 0.381 e. The van der Waals surface area contributed by atoms with Gasteiger partial charge in [0.1, 0.15) is 11.5 Å². The van der Waals surface area contributed by atoms with E-state index in [1.54, 1.807) is 29.9 Å². The standard InChI is InChI=1S/C21H27FN4O2S/c1-25-19(14-18(24-25)16-2-4-17(22)5-3-16)20(27)23-15-21(6-10-28-11-7-21)26-8-12-29-13-9-26/h2-5,14H,6-13,15H2,1H3,(H,23,27). The third-order valence-corrected chi connectivity index (χ3v) is 6.88. The Morgan fingerprint density at radius 2 is 1.93 bits per heavy atom. The van der Waals surface area contributed by atoms with Crippen LogP contribution >= 0.6 is 11.8 Å². The van der Waals surface area contributed by atoms with E-state index in [0.717, 1.165) is 56.2 Å². The van der Waals surface area contributed by atoms with E-state index >= 15 is 0 Å². The summed E-state index contributed by atoms with van der Waals surface area (Å²) in [6, 6.07) is 7.90. The number of rotatable bonds is 5. The van der Waals surface area contributed by atoms with Crippen LogP contribution in [-0.2, 0) is 11.8 Å². The van der Waals surface area contributed by atoms with Gasteiger partial charge < -0.3 is 10.1 Å². The zero-order valence-electron chi connectivity index (χ0n) is 16.7. The van der Waals surface area contributed by atoms with Crippen LogP contribution in [0.2, 0.25) is 0 Å². The Morgan fingerprint density at radius 3 is 2.62 bits per heavy atom. The Kier molecular flexibility index (Phi) is 6.22. The summed E-state index contributed by atoms with van der Waals surface area (Å²) in [5, 5.41) is 7.59. The maximum atomic E-state index is 13.2. The SMILES string of the molecule is Cn1nc(-c2ccc(F)cc2)cc1C(=O)NCC1(N2CCSCC2)CCOCC1. The number of hydrogen-bond acceptors (Lipinski definition) is 5. The average molecular weight is 419 g/mol. The maximum absolute atomic E-state index is 13.2. The number of nitrogens with one attached hydrogen (secondary N) is 1. The third-order valence-electron chi connectivity index (χ3n) is 5.94. The molecule has 1 amide bonds. The van der Waals surface area contributed by atoms with Gasteiger partial charge in [0.2, 0.25) is 0 Å². The van der Waals surface area contributed by atoms with Crippen molar-refractivity contribution < 1.29 is 13.9 Å². The van der Waals surface area contributed by atoms with E-state index in [9.17, 15) is 9.18 Å². The number of aromatic nitrogens is 2. The highest BCUT2D eigenvalue weighted by atomic mass is 32.2. The number of amides is 1. The Balaban J connectivity index is 1.47. The molecule has 0 spiro atoms. The highest BCUT2D eigenvalue weighted by Crippen LogP contribution is 2.30. The first-order chi connectivity index (χ1) is 14.1. The average Bonchev–Trinajstić information content (AvgIpc) is 3.15. The fourth-order valence-corrected chi connectivity index (χ4v) is 5.07. The van der Waals surface area contributed by atoms with E-state index in [1.807, 2.05) is 11.8 Å². The van der Waals surface area contributed by atoms with Gasteiger partial charge in [-0.2, -0.15) is 16.9 Å². The zero-order chi connectivity index (χ0) is 20.3. The summed E-state index contributed by atoms with van der Waals surface area (Å²) in [6.45, 7) is 4.19. The summed E-state index contributed by atoms with van der Waals surface area (Å²) < 4.78 is 20.4. The monoisotopic (exact) mass is 418 g/mol. The van der Waals surface area contributed by atoms with E-state index in [1.165, 1.54) is 12.1 Å². The smallest absolute Gasteiger partial charge is 0.269 e. The minimum Gasteiger partial charge on any atom is -0.381 e. The molecule has 2 aliphatic rings. The van der Waals surface area contributed by atoms with Crippen molar-refractivity contribution in [3.05, 3.63) is 41.8 Å². The fourth-order valence-electron chi connectivity index (χ4n) is 4.17. The number of aryl methyl sites for hydroxylation is 1. The first-order valence-corrected chi connectivity index (χ1v) is 11.2. The molecule has 3 heterocycles. The number of hydrogen-bond donors (Lipinski definition) is 1. The van der Waals surface area contributed by atoms with Crippen molar-refractivity contribution in [1.29, 1.82) is 0 Å². The Labute approximate surface area is 174 Å². The molecule has 156 valence electrons. The number of ether oxygens (including phenoxy) is 1. The third kappa shape index (κ3) is 4.49. The zero-order valence-corrected chi connectivity index (χ0v) is 17.5. The van der Waals surface area contributed by atoms with Gasteiger partial charge in [0, 0.05) is 62.5 Å². The van der Waals surface area contributed by atoms with E-state index < -0.39 is 0 Å². The molecule has 6 nitrogen and oxygen atoms in total. The van der Waals surface area contributed by atoms with Crippen molar-refractivity contribution in [2.45, 2.75) is 18.4 Å². The molecule has 0 aliphatic carbocycles. The lowest BCUT2D eigenvalue weighted by Gasteiger charge is -2.48. The normalized spacial score (nSPS) is 19.8. The molecule has 1 aromatic heterocycles. The second-order valence-electron chi connectivity index (χ2n) is 7.66. The summed E-state index contributed by atoms with van der Waals surface area (Å²) >= 11 is 1.99. The predicted octanol–water partition coefficient (Wildman–Crippen LogP) is 2.55. The van der Waals surface area contributed by atoms with Crippen LogP contribution in [0.4, 0.5) is 4.39 Å². The Hall–Kier alpha value is -1.90. The van der Waals surface area contributed by atoms with Crippen molar-refractivity contribution in [2.75, 3.05) is 44.4 Å². The lowest BCUT2D eigenvalue weighted by Crippen LogP contribution is -2.60. The molecular weight excluding hydrogens is 391 g/mol. The first kappa shape index (κ1) is 20.4. The van der Waals surface area contributed by atoms with E-state index in [0.29, 0.717) is 17.9 Å². The molecule has 0 saturated carbocycles. The molecule has 1 N–H and O–H groups in total. The van der Waals surface area contributed by atoms with Gasteiger partial charge in [-0.1, -0.05) is 0 Å². The molecule has 0 radical (unpaired) electrons. The number of carbonyl (C=O) groups is 1. The molecule has 0 bridgehead atoms. The summed E-state index contributed by atoms with van der Waals surface area (Å²) in [5.74, 6) is 1.85. The summed E-state index contributed by atoms with van der Waals surface area (Å²) in [4.78, 5) is 15.5. The molecule has 2 aromatic rings. The minimum atomic E-state index is -0.291. The van der Waals surface area contributed by atoms with Gasteiger partial charge in [0.05, 0.1) is 5.69 Å². The Bertz CT molecular complexity index is 843. The van der Waals surface area contributed by atoms with Crippen LogP contribution in [0.5, 0.6) is 0 Å². The lowest BCUT2D eigenvalue weighted by atomic mass is 9.87. The minimum absolute atomic E-state index is 0.0345. The number of halogens is 1. The van der Waals surface area contributed by atoms with E-state index in [2.05, 4.69) is 15.3 Å². The Morgan fingerprint density at radius 1 is 1.24 bits per heavy atom. The number of thioether (sulfide) groups is 1. The van der Waals surface area contributed by atoms with Gasteiger partial charge in [-0.05, 0) is 43.2 Å². The molecule has 2 saturated heterocycles. The van der Waals surface area contributed by atoms with Crippen LogP contribution in [-0.4, -0.2) is 70.5 Å². The lowest BCUT2D eigenvalue weighted by molar-refractivity contribution is -0.0237. The second-order valence-corrected chi connectivity index (χ2v) is 8.89. The molecule has 0 unspecified atom stereocenters. The quantitative estimate of drug-likeness (QED) is 0.809. The van der Waals surface area contributed by atoms with Gasteiger partial charge >= 0.3 is 0 Å². The van der Waals surface area contributed by atoms with Crippen LogP contribution in [0, 0.1) is 5.82 Å². The summed E-state index contributed by atoms with van der Waals surface area (Å²) in [5.41, 5.74) is 1.91. The molecular formula is C21H27FN4O2S. The van der Waals surface area contributed by atoms with Crippen molar-refractivity contribution >= 4 is 17.7 Å². The molecule has 2 aliphatic heterocycles. The maximum Gasteiger partial charge on any atom is 0.269 e. The van der Waals surface area contributed by atoms with Gasteiger partial charge in [-0.25, -0.2) is 4.39 Å². The molecule has 2 fully saturated rings.